The van der Waals surface area contributed by atoms with Gasteiger partial charge in [0.1, 0.15) is 10.5 Å². The third kappa shape index (κ3) is 3.11. The van der Waals surface area contributed by atoms with Gasteiger partial charge in [0.05, 0.1) is 16.8 Å². The number of hydrogen-bond acceptors (Lipinski definition) is 9. The number of carbonyl (C=O) groups excluding carboxylic acids is 1. The first kappa shape index (κ1) is 21.9. The van der Waals surface area contributed by atoms with Gasteiger partial charge in [-0.15, -0.1) is 11.3 Å². The van der Waals surface area contributed by atoms with E-state index < -0.39 is 59.6 Å². The number of aromatic nitrogens is 2. The third-order valence-electron chi connectivity index (χ3n) is 5.58. The molecule has 2 aliphatic rings. The molecule has 0 aliphatic carbocycles. The fraction of sp³-hybridized carbons (Fsp3) is 0.471. The van der Waals surface area contributed by atoms with Crippen molar-refractivity contribution in [2.75, 3.05) is 19.1 Å². The van der Waals surface area contributed by atoms with Crippen LogP contribution in [0.1, 0.15) is 18.2 Å². The van der Waals surface area contributed by atoms with Crippen molar-refractivity contribution in [3.8, 4) is 0 Å². The van der Waals surface area contributed by atoms with Crippen LogP contribution in [-0.4, -0.2) is 78.4 Å². The molecule has 2 aliphatic heterocycles. The van der Waals surface area contributed by atoms with E-state index in [9.17, 15) is 36.6 Å². The van der Waals surface area contributed by atoms with Gasteiger partial charge < -0.3 is 15.1 Å². The minimum Gasteiger partial charge on any atom is -0.477 e. The first-order valence-corrected chi connectivity index (χ1v) is 13.7. The molecule has 11 nitrogen and oxygen atoms in total. The number of rotatable bonds is 6. The number of aliphatic carboxylic acids is 1. The highest BCUT2D eigenvalue weighted by Gasteiger charge is 2.58. The van der Waals surface area contributed by atoms with E-state index in [0.717, 1.165) is 28.2 Å². The summed E-state index contributed by atoms with van der Waals surface area (Å²) in [5.41, 5.74) is 0.106. The zero-order valence-electron chi connectivity index (χ0n) is 16.6. The predicted molar refractivity (Wildman–Crippen MR) is 109 cm³/mol. The maximum absolute atomic E-state index is 12.5. The molecule has 2 aromatic heterocycles. The first-order valence-electron chi connectivity index (χ1n) is 9.12. The minimum absolute atomic E-state index is 0.0508. The number of aliphatic hydroxyl groups is 1. The van der Waals surface area contributed by atoms with Crippen molar-refractivity contribution in [3.05, 3.63) is 16.8 Å². The largest absolute Gasteiger partial charge is 0.477 e. The van der Waals surface area contributed by atoms with Crippen molar-refractivity contribution in [2.45, 2.75) is 29.6 Å². The van der Waals surface area contributed by atoms with Gasteiger partial charge in [-0.2, -0.15) is 0 Å². The number of nitrogens with zero attached hydrogens (tertiary/aromatic N) is 3. The van der Waals surface area contributed by atoms with Crippen molar-refractivity contribution in [3.63, 3.8) is 0 Å². The minimum atomic E-state index is -3.89. The van der Waals surface area contributed by atoms with Gasteiger partial charge in [-0.05, 0) is 6.42 Å². The van der Waals surface area contributed by atoms with Crippen molar-refractivity contribution in [1.29, 1.82) is 0 Å². The summed E-state index contributed by atoms with van der Waals surface area (Å²) in [4.78, 5) is 29.9. The Labute approximate surface area is 181 Å². The highest BCUT2D eigenvalue weighted by Crippen LogP contribution is 2.51. The topological polar surface area (TPSA) is 163 Å². The van der Waals surface area contributed by atoms with Gasteiger partial charge in [0, 0.05) is 36.8 Å². The van der Waals surface area contributed by atoms with Crippen LogP contribution in [0.4, 0.5) is 0 Å². The zero-order valence-corrected chi connectivity index (χ0v) is 19.1. The van der Waals surface area contributed by atoms with Crippen LogP contribution in [0, 0.1) is 11.8 Å². The number of imidazole rings is 1. The number of sulfone groups is 2. The van der Waals surface area contributed by atoms with Crippen LogP contribution in [0.15, 0.2) is 22.1 Å². The fourth-order valence-corrected chi connectivity index (χ4v) is 7.62. The van der Waals surface area contributed by atoms with Crippen molar-refractivity contribution < 1.29 is 36.6 Å². The highest BCUT2D eigenvalue weighted by atomic mass is 32.2. The van der Waals surface area contributed by atoms with Gasteiger partial charge >= 0.3 is 5.97 Å². The first-order chi connectivity index (χ1) is 14.3. The molecule has 1 fully saturated rings. The second-order valence-electron chi connectivity index (χ2n) is 7.69. The molecule has 2 N–H and O–H groups in total. The molecule has 2 aromatic rings. The lowest BCUT2D eigenvalue weighted by Gasteiger charge is -2.45. The van der Waals surface area contributed by atoms with E-state index in [-0.39, 0.29) is 23.6 Å². The van der Waals surface area contributed by atoms with Crippen molar-refractivity contribution >= 4 is 53.3 Å². The quantitative estimate of drug-likeness (QED) is 0.526. The molecule has 14 heteroatoms. The van der Waals surface area contributed by atoms with Gasteiger partial charge in [-0.25, -0.2) is 26.6 Å². The van der Waals surface area contributed by atoms with E-state index >= 15 is 0 Å². The Balaban J connectivity index is 1.96. The Morgan fingerprint density at radius 1 is 1.23 bits per heavy atom. The average Bonchev–Trinajstić information content (AvgIpc) is 3.25. The second-order valence-corrected chi connectivity index (χ2v) is 12.6. The summed E-state index contributed by atoms with van der Waals surface area (Å²) in [7, 11) is -7.75. The monoisotopic (exact) mass is 489 g/mol. The third-order valence-corrected chi connectivity index (χ3v) is 8.77. The van der Waals surface area contributed by atoms with Crippen LogP contribution < -0.4 is 0 Å². The molecule has 4 rings (SSSR count). The van der Waals surface area contributed by atoms with Crippen LogP contribution in [0.25, 0.3) is 10.4 Å². The lowest BCUT2D eigenvalue weighted by molar-refractivity contribution is -0.157. The SMILES string of the molecule is C[C@@H]1C(c2cn3c(S(C)(=O)=O)nc(S(C)(=O)=O)c3s2)=C(C(=O)O)N2C(=O)[C@@H](CCO)[C@@H]12. The van der Waals surface area contributed by atoms with Crippen LogP contribution >= 0.6 is 11.3 Å². The molecule has 0 spiro atoms. The fourth-order valence-electron chi connectivity index (χ4n) is 4.37. The molecule has 0 saturated carbocycles. The molecule has 0 radical (unpaired) electrons. The summed E-state index contributed by atoms with van der Waals surface area (Å²) >= 11 is 0.906. The highest BCUT2D eigenvalue weighted by molar-refractivity contribution is 7.91. The Bertz CT molecular complexity index is 1320. The molecule has 0 aromatic carbocycles. The van der Waals surface area contributed by atoms with Crippen molar-refractivity contribution in [2.24, 2.45) is 11.8 Å². The molecule has 0 unspecified atom stereocenters. The Morgan fingerprint density at radius 3 is 2.39 bits per heavy atom. The Morgan fingerprint density at radius 2 is 1.87 bits per heavy atom. The van der Waals surface area contributed by atoms with Crippen molar-refractivity contribution in [1.82, 2.24) is 14.3 Å². The van der Waals surface area contributed by atoms with Gasteiger partial charge in [-0.1, -0.05) is 6.92 Å². The normalized spacial score (nSPS) is 24.1. The maximum atomic E-state index is 12.5. The molecule has 168 valence electrons. The Hall–Kier alpha value is -2.29. The smallest absolute Gasteiger partial charge is 0.352 e. The van der Waals surface area contributed by atoms with E-state index in [2.05, 4.69) is 4.98 Å². The number of β-lactam (4-membered cyclic amide) rings is 1. The molecular formula is C17H19N3O8S3. The predicted octanol–water partition coefficient (Wildman–Crippen LogP) is -0.142. The number of carbonyl (C=O) groups is 2. The summed E-state index contributed by atoms with van der Waals surface area (Å²) in [6, 6.07) is -0.441. The lowest BCUT2D eigenvalue weighted by Crippen LogP contribution is -2.60. The molecular weight excluding hydrogens is 470 g/mol. The van der Waals surface area contributed by atoms with Crippen LogP contribution in [-0.2, 0) is 29.3 Å². The summed E-state index contributed by atoms with van der Waals surface area (Å²) < 4.78 is 49.8. The number of amides is 1. The molecule has 0 bridgehead atoms. The maximum Gasteiger partial charge on any atom is 0.352 e. The van der Waals surface area contributed by atoms with E-state index in [4.69, 9.17) is 0 Å². The van der Waals surface area contributed by atoms with Crippen LogP contribution in [0.2, 0.25) is 0 Å². The summed E-state index contributed by atoms with van der Waals surface area (Å²) in [6.45, 7) is 1.54. The van der Waals surface area contributed by atoms with Gasteiger partial charge in [-0.3, -0.25) is 9.20 Å². The number of carboxylic acid groups (broad SMARTS) is 1. The molecule has 4 heterocycles. The Kier molecular flexibility index (Phi) is 4.85. The van der Waals surface area contributed by atoms with Gasteiger partial charge in [0.15, 0.2) is 14.9 Å². The van der Waals surface area contributed by atoms with E-state index in [1.54, 1.807) is 6.92 Å². The van der Waals surface area contributed by atoms with E-state index in [1.807, 2.05) is 0 Å². The summed E-state index contributed by atoms with van der Waals surface area (Å²) in [5, 5.41) is 18.2. The molecule has 3 atom stereocenters. The molecule has 31 heavy (non-hydrogen) atoms. The van der Waals surface area contributed by atoms with Gasteiger partial charge in [0.25, 0.3) is 0 Å². The number of thiazole rings is 1. The number of aliphatic hydroxyl groups excluding tert-OH is 1. The molecule has 1 saturated heterocycles. The van der Waals surface area contributed by atoms with Crippen LogP contribution in [0.3, 0.4) is 0 Å². The second kappa shape index (κ2) is 6.85. The van der Waals surface area contributed by atoms with E-state index in [0.29, 0.717) is 10.5 Å². The standard InChI is InChI=1S/C17H19N3O8S3/c1-7-10(12(16(23)24)20-11(7)8(4-5-21)14(20)22)9-6-19-15(29-9)13(30(2,25)26)18-17(19)31(3,27)28/h6-8,11,21H,4-5H2,1-3H3,(H,23,24)/t7-,8+,11-/m1/s1. The van der Waals surface area contributed by atoms with Crippen LogP contribution in [0.5, 0.6) is 0 Å². The van der Waals surface area contributed by atoms with Gasteiger partial charge in [0.2, 0.25) is 20.9 Å². The number of fused-ring (bicyclic) bond motifs is 2. The number of hydrogen-bond donors (Lipinski definition) is 2. The average molecular weight is 490 g/mol. The number of carboxylic acids is 1. The lowest BCUT2D eigenvalue weighted by atomic mass is 9.79. The molecule has 1 amide bonds. The summed E-state index contributed by atoms with van der Waals surface area (Å²) in [5.74, 6) is -2.64. The zero-order chi connectivity index (χ0) is 23.0. The van der Waals surface area contributed by atoms with E-state index in [1.165, 1.54) is 11.1 Å². The summed E-state index contributed by atoms with van der Waals surface area (Å²) in [6.07, 6.45) is 3.36.